The zero-order valence-electron chi connectivity index (χ0n) is 26.4. The van der Waals surface area contributed by atoms with Gasteiger partial charge in [0, 0.05) is 64.1 Å². The van der Waals surface area contributed by atoms with Crippen LogP contribution in [0.1, 0.15) is 68.6 Å². The van der Waals surface area contributed by atoms with Crippen LogP contribution < -0.4 is 10.6 Å². The molecule has 2 amide bonds. The molecule has 1 aromatic rings. The molecule has 2 N–H and O–H groups in total. The molecule has 1 atom stereocenters. The number of hydrogen-bond acceptors (Lipinski definition) is 5. The van der Waals surface area contributed by atoms with Gasteiger partial charge in [0.05, 0.1) is 5.56 Å². The Morgan fingerprint density at radius 3 is 1.86 bits per heavy atom. The number of pyridine rings is 1. The first kappa shape index (κ1) is 35.6. The largest absolute Gasteiger partial charge is 0.354 e. The topological polar surface area (TPSA) is 77.6 Å². The van der Waals surface area contributed by atoms with Crippen LogP contribution in [0.4, 0.5) is 0 Å². The van der Waals surface area contributed by atoms with Crippen LogP contribution in [0, 0.1) is 0 Å². The van der Waals surface area contributed by atoms with E-state index < -0.39 is 0 Å². The maximum atomic E-state index is 12.5. The van der Waals surface area contributed by atoms with Crippen molar-refractivity contribution >= 4 is 11.8 Å². The van der Waals surface area contributed by atoms with Gasteiger partial charge in [-0.1, -0.05) is 79.8 Å². The number of nitrogens with zero attached hydrogens (tertiary/aromatic N) is 3. The third-order valence-electron chi connectivity index (χ3n) is 7.15. The second-order valence-electron chi connectivity index (χ2n) is 10.7. The molecule has 0 radical (unpaired) electrons. The van der Waals surface area contributed by atoms with Gasteiger partial charge in [-0.3, -0.25) is 19.5 Å². The van der Waals surface area contributed by atoms with Crippen molar-refractivity contribution in [1.82, 2.24) is 25.4 Å². The molecule has 1 unspecified atom stereocenters. The highest BCUT2D eigenvalue weighted by Crippen LogP contribution is 2.06. The molecule has 1 aromatic heterocycles. The molecule has 1 aliphatic rings. The van der Waals surface area contributed by atoms with E-state index in [-0.39, 0.29) is 17.9 Å². The molecule has 234 valence electrons. The fourth-order valence-corrected chi connectivity index (χ4v) is 4.50. The SMILES string of the molecule is CCC=CCC=CCC=CCC=CCC=CCC=CCCC(=O)NCC(CNC(=O)c1cccnc1)N1CCN(C)CC1. The Hall–Kier alpha value is -3.55. The normalized spacial score (nSPS) is 16.0. The van der Waals surface area contributed by atoms with Gasteiger partial charge in [-0.05, 0) is 64.1 Å². The first-order chi connectivity index (χ1) is 21.1. The zero-order chi connectivity index (χ0) is 30.8. The van der Waals surface area contributed by atoms with Crippen LogP contribution in [0.3, 0.4) is 0 Å². The summed E-state index contributed by atoms with van der Waals surface area (Å²) in [6.07, 6.45) is 36.4. The Labute approximate surface area is 260 Å². The fourth-order valence-electron chi connectivity index (χ4n) is 4.50. The highest BCUT2D eigenvalue weighted by atomic mass is 16.2. The van der Waals surface area contributed by atoms with Crippen LogP contribution in [0.25, 0.3) is 0 Å². The van der Waals surface area contributed by atoms with Gasteiger partial charge in [0.2, 0.25) is 5.91 Å². The number of piperazine rings is 1. The lowest BCUT2D eigenvalue weighted by molar-refractivity contribution is -0.121. The summed E-state index contributed by atoms with van der Waals surface area (Å²) in [4.78, 5) is 33.7. The van der Waals surface area contributed by atoms with Crippen molar-refractivity contribution in [3.05, 3.63) is 103 Å². The summed E-state index contributed by atoms with van der Waals surface area (Å²) >= 11 is 0. The van der Waals surface area contributed by atoms with Crippen molar-refractivity contribution in [2.45, 2.75) is 64.3 Å². The number of nitrogens with one attached hydrogen (secondary N) is 2. The average Bonchev–Trinajstić information content (AvgIpc) is 3.03. The molecule has 0 saturated carbocycles. The zero-order valence-corrected chi connectivity index (χ0v) is 26.4. The molecule has 2 rings (SSSR count). The number of aromatic nitrogens is 1. The number of hydrogen-bond donors (Lipinski definition) is 2. The van der Waals surface area contributed by atoms with Crippen molar-refractivity contribution in [2.75, 3.05) is 46.3 Å². The van der Waals surface area contributed by atoms with E-state index in [2.05, 4.69) is 112 Å². The predicted molar refractivity (Wildman–Crippen MR) is 180 cm³/mol. The molecule has 0 aliphatic carbocycles. The second kappa shape index (κ2) is 24.0. The molecule has 1 fully saturated rings. The lowest BCUT2D eigenvalue weighted by Gasteiger charge is -2.38. The number of carbonyl (C=O) groups excluding carboxylic acids is 2. The Balaban J connectivity index is 1.59. The molecule has 7 heteroatoms. The van der Waals surface area contributed by atoms with Crippen LogP contribution >= 0.6 is 0 Å². The van der Waals surface area contributed by atoms with E-state index in [0.29, 0.717) is 31.5 Å². The van der Waals surface area contributed by atoms with Crippen LogP contribution in [0.2, 0.25) is 0 Å². The Morgan fingerprint density at radius 1 is 0.791 bits per heavy atom. The van der Waals surface area contributed by atoms with Crippen molar-refractivity contribution in [3.63, 3.8) is 0 Å². The van der Waals surface area contributed by atoms with E-state index in [9.17, 15) is 9.59 Å². The molecule has 2 heterocycles. The fraction of sp³-hybridized carbons (Fsp3) is 0.472. The number of amides is 2. The van der Waals surface area contributed by atoms with Gasteiger partial charge in [0.25, 0.3) is 5.91 Å². The van der Waals surface area contributed by atoms with Gasteiger partial charge in [-0.2, -0.15) is 0 Å². The summed E-state index contributed by atoms with van der Waals surface area (Å²) in [7, 11) is 2.12. The lowest BCUT2D eigenvalue weighted by Crippen LogP contribution is -2.56. The monoisotopic (exact) mass is 587 g/mol. The molecule has 0 bridgehead atoms. The van der Waals surface area contributed by atoms with Gasteiger partial charge in [0.1, 0.15) is 0 Å². The van der Waals surface area contributed by atoms with Gasteiger partial charge >= 0.3 is 0 Å². The number of allylic oxidation sites excluding steroid dienone is 12. The Morgan fingerprint density at radius 2 is 1.33 bits per heavy atom. The van der Waals surface area contributed by atoms with Crippen LogP contribution in [0.5, 0.6) is 0 Å². The highest BCUT2D eigenvalue weighted by molar-refractivity contribution is 5.93. The second-order valence-corrected chi connectivity index (χ2v) is 10.7. The average molecular weight is 588 g/mol. The van der Waals surface area contributed by atoms with E-state index in [1.165, 1.54) is 0 Å². The first-order valence-corrected chi connectivity index (χ1v) is 15.9. The van der Waals surface area contributed by atoms with Gasteiger partial charge in [-0.25, -0.2) is 0 Å². The summed E-state index contributed by atoms with van der Waals surface area (Å²) in [6, 6.07) is 3.55. The van der Waals surface area contributed by atoms with E-state index >= 15 is 0 Å². The van der Waals surface area contributed by atoms with Gasteiger partial charge in [0.15, 0.2) is 0 Å². The van der Waals surface area contributed by atoms with Gasteiger partial charge in [-0.15, -0.1) is 0 Å². The lowest BCUT2D eigenvalue weighted by atomic mass is 10.1. The standard InChI is InChI=1S/C36H53N5O2/c1-3-4-5-6-7-8-9-10-11-12-13-14-15-16-17-18-19-20-21-24-35(42)38-31-34(41-28-26-40(2)27-29-41)32-39-36(43)33-23-22-25-37-30-33/h4-5,7-8,10-11,13-14,16-17,19-20,22-23,25,30,34H,3,6,9,12,15,18,21,24,26-29,31-32H2,1-2H3,(H,38,42)(H,39,43). The van der Waals surface area contributed by atoms with Crippen LogP contribution in [-0.4, -0.2) is 79.0 Å². The quantitative estimate of drug-likeness (QED) is 0.183. The molecular formula is C36H53N5O2. The molecule has 43 heavy (non-hydrogen) atoms. The van der Waals surface area contributed by atoms with Crippen molar-refractivity contribution in [1.29, 1.82) is 0 Å². The number of carbonyl (C=O) groups is 2. The van der Waals surface area contributed by atoms with Crippen molar-refractivity contribution < 1.29 is 9.59 Å². The first-order valence-electron chi connectivity index (χ1n) is 15.9. The van der Waals surface area contributed by atoms with E-state index in [4.69, 9.17) is 0 Å². The minimum absolute atomic E-state index is 0.0391. The molecule has 0 aromatic carbocycles. The molecule has 1 saturated heterocycles. The van der Waals surface area contributed by atoms with Crippen molar-refractivity contribution in [3.8, 4) is 0 Å². The summed E-state index contributed by atoms with van der Waals surface area (Å²) in [6.45, 7) is 6.92. The number of rotatable bonds is 20. The maximum absolute atomic E-state index is 12.5. The summed E-state index contributed by atoms with van der Waals surface area (Å²) in [5.41, 5.74) is 0.542. The molecule has 0 spiro atoms. The third-order valence-corrected chi connectivity index (χ3v) is 7.15. The number of likely N-dealkylation sites (N-methyl/N-ethyl adjacent to an activating group) is 1. The minimum atomic E-state index is -0.142. The van der Waals surface area contributed by atoms with E-state index in [1.54, 1.807) is 24.5 Å². The van der Waals surface area contributed by atoms with Gasteiger partial charge < -0.3 is 15.5 Å². The van der Waals surface area contributed by atoms with E-state index in [1.807, 2.05) is 0 Å². The summed E-state index contributed by atoms with van der Waals surface area (Å²) < 4.78 is 0. The Bertz CT molecular complexity index is 1070. The smallest absolute Gasteiger partial charge is 0.252 e. The highest BCUT2D eigenvalue weighted by Gasteiger charge is 2.23. The summed E-state index contributed by atoms with van der Waals surface area (Å²) in [5, 5.41) is 6.11. The summed E-state index contributed by atoms with van der Waals surface area (Å²) in [5.74, 6) is -0.103. The molecular weight excluding hydrogens is 534 g/mol. The Kier molecular flexibility index (Phi) is 19.9. The van der Waals surface area contributed by atoms with Crippen LogP contribution in [0.15, 0.2) is 97.4 Å². The maximum Gasteiger partial charge on any atom is 0.252 e. The van der Waals surface area contributed by atoms with Crippen LogP contribution in [-0.2, 0) is 4.79 Å². The predicted octanol–water partition coefficient (Wildman–Crippen LogP) is 6.02. The molecule has 1 aliphatic heterocycles. The van der Waals surface area contributed by atoms with Crippen molar-refractivity contribution in [2.24, 2.45) is 0 Å². The third kappa shape index (κ3) is 17.9. The minimum Gasteiger partial charge on any atom is -0.354 e. The van der Waals surface area contributed by atoms with E-state index in [0.717, 1.165) is 64.7 Å². The molecule has 7 nitrogen and oxygen atoms in total.